The van der Waals surface area contributed by atoms with Gasteiger partial charge in [0.05, 0.1) is 29.9 Å². The average molecular weight is 364 g/mol. The van der Waals surface area contributed by atoms with Crippen LogP contribution in [0.2, 0.25) is 0 Å². The van der Waals surface area contributed by atoms with Crippen molar-refractivity contribution < 1.29 is 18.0 Å². The van der Waals surface area contributed by atoms with Crippen molar-refractivity contribution in [2.45, 2.75) is 32.1 Å². The number of amides is 1. The number of rotatable bonds is 2. The Morgan fingerprint density at radius 2 is 2.08 bits per heavy atom. The van der Waals surface area contributed by atoms with Crippen LogP contribution < -0.4 is 5.32 Å². The number of benzene rings is 1. The Morgan fingerprint density at radius 3 is 2.85 bits per heavy atom. The number of nitrogens with one attached hydrogen (secondary N) is 1. The minimum absolute atomic E-state index is 0.0303. The smallest absolute Gasteiger partial charge is 0.325 e. The number of carbonyl (C=O) groups is 1. The first-order chi connectivity index (χ1) is 12.3. The standard InChI is InChI=1S/C16H15F3N6O/c1-9-6-13-21-15(22-14(26)16(17,18)19)23-25(13)7-12(9)24-8-20-10-4-2-3-5-11(10)24/h2-5,8-9,12H,6-7H2,1H3,(H,22,23,26). The van der Waals surface area contributed by atoms with E-state index in [0.717, 1.165) is 11.0 Å². The molecule has 0 saturated carbocycles. The first kappa shape index (κ1) is 16.6. The van der Waals surface area contributed by atoms with E-state index in [4.69, 9.17) is 0 Å². The molecule has 0 aliphatic carbocycles. The van der Waals surface area contributed by atoms with Gasteiger partial charge in [0, 0.05) is 6.42 Å². The van der Waals surface area contributed by atoms with Crippen molar-refractivity contribution in [2.75, 3.05) is 5.32 Å². The molecule has 0 fully saturated rings. The van der Waals surface area contributed by atoms with E-state index in [1.165, 1.54) is 0 Å². The highest BCUT2D eigenvalue weighted by atomic mass is 19.4. The van der Waals surface area contributed by atoms with Crippen LogP contribution in [0.3, 0.4) is 0 Å². The second-order valence-corrected chi connectivity index (χ2v) is 6.37. The fourth-order valence-corrected chi connectivity index (χ4v) is 3.28. The maximum atomic E-state index is 12.4. The highest BCUT2D eigenvalue weighted by Gasteiger charge is 2.40. The Morgan fingerprint density at radius 1 is 1.31 bits per heavy atom. The van der Waals surface area contributed by atoms with Gasteiger partial charge in [-0.25, -0.2) is 9.67 Å². The van der Waals surface area contributed by atoms with Gasteiger partial charge in [-0.05, 0) is 18.1 Å². The van der Waals surface area contributed by atoms with Gasteiger partial charge >= 0.3 is 12.1 Å². The fourth-order valence-electron chi connectivity index (χ4n) is 3.28. The van der Waals surface area contributed by atoms with Crippen LogP contribution in [0.5, 0.6) is 0 Å². The number of hydrogen-bond acceptors (Lipinski definition) is 4. The van der Waals surface area contributed by atoms with Crippen LogP contribution in [-0.2, 0) is 17.8 Å². The predicted octanol–water partition coefficient (Wildman–Crippen LogP) is 2.56. The third-order valence-electron chi connectivity index (χ3n) is 4.59. The minimum atomic E-state index is -4.97. The number of carbonyl (C=O) groups excluding carboxylic acids is 1. The molecule has 1 aliphatic rings. The Labute approximate surface area is 145 Å². The maximum absolute atomic E-state index is 12.4. The van der Waals surface area contributed by atoms with E-state index in [1.54, 1.807) is 16.3 Å². The molecule has 1 aliphatic heterocycles. The van der Waals surface area contributed by atoms with Crippen LogP contribution in [0.1, 0.15) is 18.8 Å². The summed E-state index contributed by atoms with van der Waals surface area (Å²) < 4.78 is 40.8. The molecule has 2 unspecified atom stereocenters. The number of imidazole rings is 1. The highest BCUT2D eigenvalue weighted by Crippen LogP contribution is 2.31. The van der Waals surface area contributed by atoms with Crippen LogP contribution in [0.25, 0.3) is 11.0 Å². The minimum Gasteiger partial charge on any atom is -0.325 e. The zero-order valence-corrected chi connectivity index (χ0v) is 13.7. The van der Waals surface area contributed by atoms with E-state index in [2.05, 4.69) is 19.6 Å². The second-order valence-electron chi connectivity index (χ2n) is 6.37. The van der Waals surface area contributed by atoms with Gasteiger partial charge in [0.1, 0.15) is 5.82 Å². The first-order valence-electron chi connectivity index (χ1n) is 8.06. The molecule has 0 spiro atoms. The molecule has 0 saturated heterocycles. The molecule has 1 aromatic carbocycles. The summed E-state index contributed by atoms with van der Waals surface area (Å²) in [6.07, 6.45) is -2.68. The molecule has 4 rings (SSSR count). The summed E-state index contributed by atoms with van der Waals surface area (Å²) in [5.41, 5.74) is 1.86. The lowest BCUT2D eigenvalue weighted by Crippen LogP contribution is -2.31. The van der Waals surface area contributed by atoms with E-state index < -0.39 is 12.1 Å². The van der Waals surface area contributed by atoms with Crippen LogP contribution in [0.15, 0.2) is 30.6 Å². The molecule has 0 bridgehead atoms. The molecular weight excluding hydrogens is 349 g/mol. The molecule has 2 aromatic heterocycles. The molecule has 2 atom stereocenters. The van der Waals surface area contributed by atoms with Crippen LogP contribution >= 0.6 is 0 Å². The third kappa shape index (κ3) is 2.80. The number of fused-ring (bicyclic) bond motifs is 2. The van der Waals surface area contributed by atoms with Crippen molar-refractivity contribution in [1.29, 1.82) is 0 Å². The number of para-hydroxylation sites is 2. The van der Waals surface area contributed by atoms with E-state index in [-0.39, 0.29) is 17.9 Å². The third-order valence-corrected chi connectivity index (χ3v) is 4.59. The Hall–Kier alpha value is -2.91. The largest absolute Gasteiger partial charge is 0.471 e. The molecule has 26 heavy (non-hydrogen) atoms. The molecule has 136 valence electrons. The maximum Gasteiger partial charge on any atom is 0.471 e. The van der Waals surface area contributed by atoms with Crippen LogP contribution in [0.4, 0.5) is 19.1 Å². The molecule has 3 aromatic rings. The summed E-state index contributed by atoms with van der Waals surface area (Å²) in [5.74, 6) is -1.68. The summed E-state index contributed by atoms with van der Waals surface area (Å²) in [6.45, 7) is 2.48. The van der Waals surface area contributed by atoms with Gasteiger partial charge in [-0.3, -0.25) is 10.1 Å². The predicted molar refractivity (Wildman–Crippen MR) is 86.3 cm³/mol. The summed E-state index contributed by atoms with van der Waals surface area (Å²) in [4.78, 5) is 19.5. The normalized spacial score (nSPS) is 20.2. The lowest BCUT2D eigenvalue weighted by molar-refractivity contribution is -0.167. The van der Waals surface area contributed by atoms with Gasteiger partial charge in [0.2, 0.25) is 5.95 Å². The van der Waals surface area contributed by atoms with E-state index in [9.17, 15) is 18.0 Å². The van der Waals surface area contributed by atoms with Crippen molar-refractivity contribution in [3.05, 3.63) is 36.4 Å². The second kappa shape index (κ2) is 5.82. The first-order valence-corrected chi connectivity index (χ1v) is 8.06. The highest BCUT2D eigenvalue weighted by molar-refractivity contribution is 5.93. The van der Waals surface area contributed by atoms with Crippen molar-refractivity contribution in [1.82, 2.24) is 24.3 Å². The zero-order chi connectivity index (χ0) is 18.5. The van der Waals surface area contributed by atoms with Gasteiger partial charge < -0.3 is 4.57 Å². The summed E-state index contributed by atoms with van der Waals surface area (Å²) >= 11 is 0. The van der Waals surface area contributed by atoms with E-state index in [1.807, 2.05) is 31.2 Å². The van der Waals surface area contributed by atoms with Gasteiger partial charge in [-0.15, -0.1) is 5.10 Å². The van der Waals surface area contributed by atoms with E-state index in [0.29, 0.717) is 18.8 Å². The molecular formula is C16H15F3N6O. The monoisotopic (exact) mass is 364 g/mol. The van der Waals surface area contributed by atoms with Gasteiger partial charge in [-0.2, -0.15) is 18.2 Å². The average Bonchev–Trinajstić information content (AvgIpc) is 3.16. The lowest BCUT2D eigenvalue weighted by atomic mass is 9.94. The van der Waals surface area contributed by atoms with Crippen LogP contribution in [-0.4, -0.2) is 36.4 Å². The van der Waals surface area contributed by atoms with Crippen molar-refractivity contribution in [3.8, 4) is 0 Å². The van der Waals surface area contributed by atoms with Gasteiger partial charge in [-0.1, -0.05) is 19.1 Å². The van der Waals surface area contributed by atoms with Crippen molar-refractivity contribution >= 4 is 22.9 Å². The SMILES string of the molecule is CC1Cc2nc(NC(=O)C(F)(F)F)nn2CC1n1cnc2ccccc21. The van der Waals surface area contributed by atoms with Crippen molar-refractivity contribution in [3.63, 3.8) is 0 Å². The summed E-state index contributed by atoms with van der Waals surface area (Å²) in [5, 5.41) is 5.73. The topological polar surface area (TPSA) is 77.6 Å². The molecule has 1 amide bonds. The molecule has 0 radical (unpaired) electrons. The Kier molecular flexibility index (Phi) is 3.70. The van der Waals surface area contributed by atoms with E-state index >= 15 is 0 Å². The fraction of sp³-hybridized carbons (Fsp3) is 0.375. The summed E-state index contributed by atoms with van der Waals surface area (Å²) in [7, 11) is 0. The van der Waals surface area contributed by atoms with Gasteiger partial charge in [0.25, 0.3) is 0 Å². The molecule has 1 N–H and O–H groups in total. The number of aromatic nitrogens is 5. The number of nitrogens with zero attached hydrogens (tertiary/aromatic N) is 5. The molecule has 7 nitrogen and oxygen atoms in total. The number of halogens is 3. The number of anilines is 1. The van der Waals surface area contributed by atoms with Crippen molar-refractivity contribution in [2.24, 2.45) is 5.92 Å². The summed E-state index contributed by atoms with van der Waals surface area (Å²) in [6, 6.07) is 7.77. The zero-order valence-electron chi connectivity index (χ0n) is 13.7. The Bertz CT molecular complexity index is 976. The van der Waals surface area contributed by atoms with Gasteiger partial charge in [0.15, 0.2) is 0 Å². The number of alkyl halides is 3. The quantitative estimate of drug-likeness (QED) is 0.758. The molecule has 10 heteroatoms. The number of hydrogen-bond donors (Lipinski definition) is 1. The molecule has 3 heterocycles. The Balaban J connectivity index is 1.61. The van der Waals surface area contributed by atoms with Crippen LogP contribution in [0, 0.1) is 5.92 Å². The lowest BCUT2D eigenvalue weighted by Gasteiger charge is -2.30.